The summed E-state index contributed by atoms with van der Waals surface area (Å²) in [5.74, 6) is -0.527. The highest BCUT2D eigenvalue weighted by Crippen LogP contribution is 2.32. The van der Waals surface area contributed by atoms with Gasteiger partial charge in [-0.1, -0.05) is 30.3 Å². The lowest BCUT2D eigenvalue weighted by atomic mass is 9.95. The third-order valence-electron chi connectivity index (χ3n) is 4.57. The van der Waals surface area contributed by atoms with E-state index in [1.807, 2.05) is 19.1 Å². The van der Waals surface area contributed by atoms with Gasteiger partial charge in [-0.15, -0.1) is 0 Å². The van der Waals surface area contributed by atoms with Gasteiger partial charge in [0.15, 0.2) is 5.11 Å². The van der Waals surface area contributed by atoms with Crippen LogP contribution < -0.4 is 10.1 Å². The molecule has 0 spiro atoms. The Hall–Kier alpha value is -3.19. The molecule has 144 valence electrons. The second-order valence-corrected chi connectivity index (χ2v) is 6.65. The molecule has 2 aromatic rings. The number of ether oxygens (including phenoxy) is 2. The first-order valence-corrected chi connectivity index (χ1v) is 9.03. The van der Waals surface area contributed by atoms with Crippen LogP contribution in [0.15, 0.2) is 65.9 Å². The van der Waals surface area contributed by atoms with Gasteiger partial charge in [0.05, 0.1) is 24.3 Å². The second kappa shape index (κ2) is 8.22. The first kappa shape index (κ1) is 19.6. The highest BCUT2D eigenvalue weighted by molar-refractivity contribution is 7.80. The largest absolute Gasteiger partial charge is 0.466 e. The van der Waals surface area contributed by atoms with Crippen LogP contribution in [-0.2, 0) is 9.53 Å². The van der Waals surface area contributed by atoms with Crippen molar-refractivity contribution in [3.05, 3.63) is 77.0 Å². The van der Waals surface area contributed by atoms with Gasteiger partial charge in [0, 0.05) is 12.7 Å². The van der Waals surface area contributed by atoms with Crippen molar-refractivity contribution in [2.45, 2.75) is 13.0 Å². The van der Waals surface area contributed by atoms with Crippen molar-refractivity contribution < 1.29 is 19.1 Å². The summed E-state index contributed by atoms with van der Waals surface area (Å²) in [4.78, 5) is 26.4. The van der Waals surface area contributed by atoms with Crippen molar-refractivity contribution in [2.24, 2.45) is 0 Å². The lowest BCUT2D eigenvalue weighted by Gasteiger charge is -2.35. The van der Waals surface area contributed by atoms with E-state index < -0.39 is 18.0 Å². The second-order valence-electron chi connectivity index (χ2n) is 6.26. The van der Waals surface area contributed by atoms with Crippen LogP contribution in [0.25, 0.3) is 0 Å². The van der Waals surface area contributed by atoms with Crippen LogP contribution >= 0.6 is 12.2 Å². The summed E-state index contributed by atoms with van der Waals surface area (Å²) < 4.78 is 10.4. The monoisotopic (exact) mass is 396 g/mol. The predicted molar refractivity (Wildman–Crippen MR) is 109 cm³/mol. The molecule has 2 aromatic carbocycles. The minimum atomic E-state index is -0.508. The minimum absolute atomic E-state index is 0.375. The molecule has 6 nitrogen and oxygen atoms in total. The molecule has 1 atom stereocenters. The Bertz CT molecular complexity index is 956. The van der Waals surface area contributed by atoms with E-state index in [-0.39, 0.29) is 0 Å². The standard InChI is InChI=1S/C21H20N2O4S/c1-13-17(20(25)26-3)18(22-21(28)23(13)2)15-10-7-11-16(12-15)27-19(24)14-8-5-4-6-9-14/h4-12,18H,1-3H3,(H,22,28). The van der Waals surface area contributed by atoms with Crippen molar-refractivity contribution in [2.75, 3.05) is 14.2 Å². The first-order valence-electron chi connectivity index (χ1n) is 8.63. The molecule has 7 heteroatoms. The maximum atomic E-state index is 12.4. The van der Waals surface area contributed by atoms with E-state index in [0.717, 1.165) is 5.56 Å². The van der Waals surface area contributed by atoms with Crippen LogP contribution in [0.4, 0.5) is 0 Å². The highest BCUT2D eigenvalue weighted by Gasteiger charge is 2.33. The molecule has 0 bridgehead atoms. The smallest absolute Gasteiger partial charge is 0.343 e. The van der Waals surface area contributed by atoms with E-state index >= 15 is 0 Å². The fourth-order valence-electron chi connectivity index (χ4n) is 2.96. The normalized spacial score (nSPS) is 16.5. The van der Waals surface area contributed by atoms with Crippen LogP contribution in [0.3, 0.4) is 0 Å². The lowest BCUT2D eigenvalue weighted by molar-refractivity contribution is -0.136. The number of methoxy groups -OCH3 is 1. The molecule has 0 amide bonds. The zero-order valence-electron chi connectivity index (χ0n) is 15.8. The van der Waals surface area contributed by atoms with Crippen molar-refractivity contribution in [1.82, 2.24) is 10.2 Å². The van der Waals surface area contributed by atoms with Crippen LogP contribution in [0, 0.1) is 0 Å². The SMILES string of the molecule is COC(=O)C1=C(C)N(C)C(=S)NC1c1cccc(OC(=O)c2ccccc2)c1. The number of nitrogens with zero attached hydrogens (tertiary/aromatic N) is 1. The molecule has 1 unspecified atom stereocenters. The van der Waals surface area contributed by atoms with Gasteiger partial charge in [0.1, 0.15) is 5.75 Å². The zero-order valence-corrected chi connectivity index (χ0v) is 16.6. The fourth-order valence-corrected chi connectivity index (χ4v) is 3.21. The summed E-state index contributed by atoms with van der Waals surface area (Å²) in [6.45, 7) is 1.81. The van der Waals surface area contributed by atoms with Gasteiger partial charge in [-0.3, -0.25) is 0 Å². The van der Waals surface area contributed by atoms with E-state index in [0.29, 0.717) is 27.7 Å². The minimum Gasteiger partial charge on any atom is -0.466 e. The number of thiocarbonyl (C=S) groups is 1. The number of benzene rings is 2. The Labute approximate surface area is 168 Å². The van der Waals surface area contributed by atoms with E-state index in [1.54, 1.807) is 54.4 Å². The molecule has 3 rings (SSSR count). The van der Waals surface area contributed by atoms with Gasteiger partial charge < -0.3 is 19.7 Å². The molecule has 1 heterocycles. The van der Waals surface area contributed by atoms with Gasteiger partial charge in [0.25, 0.3) is 0 Å². The van der Waals surface area contributed by atoms with Crippen LogP contribution in [0.5, 0.6) is 5.75 Å². The number of rotatable bonds is 4. The van der Waals surface area contributed by atoms with Crippen molar-refractivity contribution >= 4 is 29.3 Å². The summed E-state index contributed by atoms with van der Waals surface area (Å²) in [6, 6.07) is 15.2. The Morgan fingerprint density at radius 3 is 2.46 bits per heavy atom. The Morgan fingerprint density at radius 2 is 1.79 bits per heavy atom. The number of hydrogen-bond acceptors (Lipinski definition) is 5. The Balaban J connectivity index is 1.93. The van der Waals surface area contributed by atoms with Crippen molar-refractivity contribution in [1.29, 1.82) is 0 Å². The third-order valence-corrected chi connectivity index (χ3v) is 4.96. The van der Waals surface area contributed by atoms with Gasteiger partial charge in [-0.05, 0) is 49.0 Å². The van der Waals surface area contributed by atoms with Gasteiger partial charge in [-0.25, -0.2) is 9.59 Å². The fraction of sp³-hybridized carbons (Fsp3) is 0.190. The van der Waals surface area contributed by atoms with Gasteiger partial charge in [0.2, 0.25) is 0 Å². The number of esters is 2. The van der Waals surface area contributed by atoms with Crippen LogP contribution in [0.1, 0.15) is 28.9 Å². The molecular weight excluding hydrogens is 376 g/mol. The predicted octanol–water partition coefficient (Wildman–Crippen LogP) is 3.21. The van der Waals surface area contributed by atoms with Gasteiger partial charge in [-0.2, -0.15) is 0 Å². The topological polar surface area (TPSA) is 67.9 Å². The van der Waals surface area contributed by atoms with E-state index in [2.05, 4.69) is 5.32 Å². The third kappa shape index (κ3) is 3.89. The van der Waals surface area contributed by atoms with Crippen molar-refractivity contribution in [3.8, 4) is 5.75 Å². The Morgan fingerprint density at radius 1 is 1.07 bits per heavy atom. The molecule has 1 N–H and O–H groups in total. The van der Waals surface area contributed by atoms with Crippen LogP contribution in [0.2, 0.25) is 0 Å². The van der Waals surface area contributed by atoms with Gasteiger partial charge >= 0.3 is 11.9 Å². The summed E-state index contributed by atoms with van der Waals surface area (Å²) in [5, 5.41) is 3.64. The maximum Gasteiger partial charge on any atom is 0.343 e. The summed E-state index contributed by atoms with van der Waals surface area (Å²) in [5.41, 5.74) is 2.34. The van der Waals surface area contributed by atoms with E-state index in [4.69, 9.17) is 21.7 Å². The molecule has 0 fully saturated rings. The molecule has 0 saturated carbocycles. The average molecular weight is 396 g/mol. The number of carbonyl (C=O) groups excluding carboxylic acids is 2. The molecule has 1 aliphatic heterocycles. The average Bonchev–Trinajstić information content (AvgIpc) is 2.72. The summed E-state index contributed by atoms with van der Waals surface area (Å²) in [7, 11) is 3.12. The number of nitrogens with one attached hydrogen (secondary N) is 1. The van der Waals surface area contributed by atoms with Crippen molar-refractivity contribution in [3.63, 3.8) is 0 Å². The number of carbonyl (C=O) groups is 2. The molecule has 0 saturated heterocycles. The molecule has 0 aromatic heterocycles. The molecule has 0 radical (unpaired) electrons. The number of hydrogen-bond donors (Lipinski definition) is 1. The lowest BCUT2D eigenvalue weighted by Crippen LogP contribution is -2.46. The maximum absolute atomic E-state index is 12.4. The zero-order chi connectivity index (χ0) is 20.3. The summed E-state index contributed by atoms with van der Waals surface area (Å²) >= 11 is 5.37. The van der Waals surface area contributed by atoms with Crippen LogP contribution in [-0.4, -0.2) is 36.1 Å². The van der Waals surface area contributed by atoms with E-state index in [9.17, 15) is 9.59 Å². The Kier molecular flexibility index (Phi) is 5.75. The first-order chi connectivity index (χ1) is 13.4. The summed E-state index contributed by atoms with van der Waals surface area (Å²) in [6.07, 6.45) is 0. The molecule has 0 aliphatic carbocycles. The van der Waals surface area contributed by atoms with E-state index in [1.165, 1.54) is 7.11 Å². The molecule has 28 heavy (non-hydrogen) atoms. The molecular formula is C21H20N2O4S. The highest BCUT2D eigenvalue weighted by atomic mass is 32.1. The number of allylic oxidation sites excluding steroid dienone is 1. The quantitative estimate of drug-likeness (QED) is 0.483. The molecule has 1 aliphatic rings.